The van der Waals surface area contributed by atoms with Gasteiger partial charge < -0.3 is 20.7 Å². The minimum Gasteiger partial charge on any atom is -0.384 e. The number of anilines is 3. The second-order valence-electron chi connectivity index (χ2n) is 6.93. The Morgan fingerprint density at radius 1 is 1.14 bits per heavy atom. The van der Waals surface area contributed by atoms with Crippen LogP contribution in [0.1, 0.15) is 6.92 Å². The van der Waals surface area contributed by atoms with Crippen LogP contribution in [0, 0.1) is 0 Å². The molecule has 0 aromatic carbocycles. The normalized spacial score (nSPS) is 14.6. The number of fused-ring (bicyclic) bond motifs is 2. The van der Waals surface area contributed by atoms with Crippen LogP contribution in [-0.4, -0.2) is 57.4 Å². The molecule has 0 unspecified atom stereocenters. The Morgan fingerprint density at radius 2 is 2.00 bits per heavy atom. The fraction of sp³-hybridized carbons (Fsp3) is 0.300. The van der Waals surface area contributed by atoms with Crippen molar-refractivity contribution in [3.05, 3.63) is 36.8 Å². The third kappa shape index (κ3) is 3.19. The number of ether oxygens (including phenoxy) is 1. The first-order chi connectivity index (χ1) is 14.2. The molecule has 4 aromatic rings. The van der Waals surface area contributed by atoms with Crippen molar-refractivity contribution in [2.45, 2.75) is 6.92 Å². The predicted octanol–water partition coefficient (Wildman–Crippen LogP) is 2.19. The van der Waals surface area contributed by atoms with Crippen LogP contribution in [0.4, 0.5) is 17.3 Å². The molecule has 5 rings (SSSR count). The van der Waals surface area contributed by atoms with Gasteiger partial charge in [-0.3, -0.25) is 0 Å². The van der Waals surface area contributed by atoms with Gasteiger partial charge in [0.1, 0.15) is 11.6 Å². The molecule has 9 nitrogen and oxygen atoms in total. The summed E-state index contributed by atoms with van der Waals surface area (Å²) in [4.78, 5) is 15.8. The van der Waals surface area contributed by atoms with Crippen molar-refractivity contribution >= 4 is 33.7 Å². The Labute approximate surface area is 167 Å². The Balaban J connectivity index is 1.60. The molecule has 5 heterocycles. The van der Waals surface area contributed by atoms with Crippen LogP contribution < -0.4 is 16.0 Å². The van der Waals surface area contributed by atoms with E-state index in [9.17, 15) is 0 Å². The van der Waals surface area contributed by atoms with E-state index in [2.05, 4.69) is 26.3 Å². The molecule has 0 spiro atoms. The molecule has 0 aliphatic carbocycles. The molecule has 29 heavy (non-hydrogen) atoms. The van der Waals surface area contributed by atoms with Crippen molar-refractivity contribution in [1.29, 1.82) is 0 Å². The third-order valence-electron chi connectivity index (χ3n) is 5.07. The highest BCUT2D eigenvalue weighted by Crippen LogP contribution is 2.31. The third-order valence-corrected chi connectivity index (χ3v) is 5.07. The smallest absolute Gasteiger partial charge is 0.184 e. The number of morpholine rings is 1. The molecule has 0 radical (unpaired) electrons. The summed E-state index contributed by atoms with van der Waals surface area (Å²) in [6, 6.07) is 5.91. The molecule has 9 heteroatoms. The first-order valence-corrected chi connectivity index (χ1v) is 9.70. The maximum atomic E-state index is 5.96. The predicted molar refractivity (Wildman–Crippen MR) is 113 cm³/mol. The van der Waals surface area contributed by atoms with E-state index in [-0.39, 0.29) is 0 Å². The van der Waals surface area contributed by atoms with E-state index in [4.69, 9.17) is 20.6 Å². The summed E-state index contributed by atoms with van der Waals surface area (Å²) in [6.07, 6.45) is 5.54. The van der Waals surface area contributed by atoms with Gasteiger partial charge in [0.05, 0.1) is 25.1 Å². The summed E-state index contributed by atoms with van der Waals surface area (Å²) in [6.45, 7) is 6.03. The minimum absolute atomic E-state index is 0.450. The molecule has 3 N–H and O–H groups in total. The summed E-state index contributed by atoms with van der Waals surface area (Å²) in [5.74, 6) is 1.83. The van der Waals surface area contributed by atoms with Crippen molar-refractivity contribution < 1.29 is 4.74 Å². The number of hydrogen-bond donors (Lipinski definition) is 2. The lowest BCUT2D eigenvalue weighted by molar-refractivity contribution is 0.122. The van der Waals surface area contributed by atoms with E-state index in [0.717, 1.165) is 66.3 Å². The zero-order valence-electron chi connectivity index (χ0n) is 16.2. The van der Waals surface area contributed by atoms with E-state index in [1.165, 1.54) is 0 Å². The summed E-state index contributed by atoms with van der Waals surface area (Å²) < 4.78 is 7.26. The number of rotatable bonds is 4. The van der Waals surface area contributed by atoms with Gasteiger partial charge in [-0.05, 0) is 25.1 Å². The molecule has 1 fully saturated rings. The summed E-state index contributed by atoms with van der Waals surface area (Å²) in [7, 11) is 0. The van der Waals surface area contributed by atoms with Crippen LogP contribution in [0.25, 0.3) is 27.8 Å². The Bertz CT molecular complexity index is 1180. The number of aromatic nitrogens is 5. The van der Waals surface area contributed by atoms with Gasteiger partial charge in [0, 0.05) is 48.4 Å². The lowest BCUT2D eigenvalue weighted by atomic mass is 10.1. The highest BCUT2D eigenvalue weighted by Gasteiger charge is 2.16. The fourth-order valence-electron chi connectivity index (χ4n) is 3.63. The van der Waals surface area contributed by atoms with Gasteiger partial charge >= 0.3 is 0 Å². The van der Waals surface area contributed by atoms with E-state index in [1.54, 1.807) is 12.4 Å². The van der Waals surface area contributed by atoms with Crippen LogP contribution in [-0.2, 0) is 4.74 Å². The van der Waals surface area contributed by atoms with Crippen LogP contribution in [0.15, 0.2) is 36.8 Å². The number of nitrogens with one attached hydrogen (secondary N) is 1. The Kier molecular flexibility index (Phi) is 4.36. The SMILES string of the molecule is CCNc1ncc(-c2nc3ccc(N4CCOCC4)cn3n2)c2cc(N)ncc12. The van der Waals surface area contributed by atoms with Gasteiger partial charge in [-0.25, -0.2) is 19.5 Å². The molecule has 0 bridgehead atoms. The molecule has 1 saturated heterocycles. The second kappa shape index (κ2) is 7.17. The fourth-order valence-corrected chi connectivity index (χ4v) is 3.63. The quantitative estimate of drug-likeness (QED) is 0.546. The van der Waals surface area contributed by atoms with Crippen molar-refractivity contribution in [3.8, 4) is 11.4 Å². The van der Waals surface area contributed by atoms with Gasteiger partial charge in [-0.15, -0.1) is 5.10 Å². The summed E-state index contributed by atoms with van der Waals surface area (Å²) in [5.41, 5.74) is 8.67. The second-order valence-corrected chi connectivity index (χ2v) is 6.93. The first kappa shape index (κ1) is 17.6. The highest BCUT2D eigenvalue weighted by atomic mass is 16.5. The average Bonchev–Trinajstić information content (AvgIpc) is 3.17. The average molecular weight is 390 g/mol. The zero-order chi connectivity index (χ0) is 19.8. The van der Waals surface area contributed by atoms with Crippen molar-refractivity contribution in [2.75, 3.05) is 48.8 Å². The van der Waals surface area contributed by atoms with Gasteiger partial charge in [0.2, 0.25) is 0 Å². The van der Waals surface area contributed by atoms with E-state index in [0.29, 0.717) is 11.6 Å². The minimum atomic E-state index is 0.450. The van der Waals surface area contributed by atoms with Gasteiger partial charge in [0.15, 0.2) is 11.5 Å². The molecular formula is C20H22N8O. The number of nitrogens with two attached hydrogens (primary N) is 1. The maximum absolute atomic E-state index is 5.96. The maximum Gasteiger partial charge on any atom is 0.184 e. The Hall–Kier alpha value is -3.46. The van der Waals surface area contributed by atoms with Crippen LogP contribution in [0.5, 0.6) is 0 Å². The molecular weight excluding hydrogens is 368 g/mol. The number of hydrogen-bond acceptors (Lipinski definition) is 8. The Morgan fingerprint density at radius 3 is 2.83 bits per heavy atom. The van der Waals surface area contributed by atoms with E-state index in [1.807, 2.05) is 29.8 Å². The molecule has 1 aliphatic heterocycles. The molecule has 0 saturated carbocycles. The largest absolute Gasteiger partial charge is 0.384 e. The van der Waals surface area contributed by atoms with Crippen molar-refractivity contribution in [1.82, 2.24) is 24.6 Å². The summed E-state index contributed by atoms with van der Waals surface area (Å²) >= 11 is 0. The first-order valence-electron chi connectivity index (χ1n) is 9.70. The molecule has 1 aliphatic rings. The molecule has 4 aromatic heterocycles. The van der Waals surface area contributed by atoms with Gasteiger partial charge in [0.25, 0.3) is 0 Å². The van der Waals surface area contributed by atoms with Crippen molar-refractivity contribution in [2.24, 2.45) is 0 Å². The number of nitrogens with zero attached hydrogens (tertiary/aromatic N) is 6. The lowest BCUT2D eigenvalue weighted by Crippen LogP contribution is -2.36. The molecule has 0 atom stereocenters. The number of nitrogen functional groups attached to an aromatic ring is 1. The van der Waals surface area contributed by atoms with Crippen LogP contribution in [0.2, 0.25) is 0 Å². The van der Waals surface area contributed by atoms with Crippen LogP contribution in [0.3, 0.4) is 0 Å². The lowest BCUT2D eigenvalue weighted by Gasteiger charge is -2.28. The van der Waals surface area contributed by atoms with E-state index >= 15 is 0 Å². The van der Waals surface area contributed by atoms with E-state index < -0.39 is 0 Å². The molecule has 148 valence electrons. The zero-order valence-corrected chi connectivity index (χ0v) is 16.2. The topological polar surface area (TPSA) is 106 Å². The number of pyridine rings is 3. The summed E-state index contributed by atoms with van der Waals surface area (Å²) in [5, 5.41) is 9.80. The van der Waals surface area contributed by atoms with Gasteiger partial charge in [-0.1, -0.05) is 0 Å². The standard InChI is InChI=1S/C20H22N8O/c1-2-22-19-15-10-23-17(21)9-14(15)16(11-24-19)20-25-18-4-3-13(12-28(18)26-20)27-5-7-29-8-6-27/h3-4,9-12H,2,5-8H2,1H3,(H2,21,23)(H,22,24). The van der Waals surface area contributed by atoms with Crippen molar-refractivity contribution in [3.63, 3.8) is 0 Å². The highest BCUT2D eigenvalue weighted by molar-refractivity contribution is 6.01. The molecule has 0 amide bonds. The van der Waals surface area contributed by atoms with Gasteiger partial charge in [-0.2, -0.15) is 0 Å². The van der Waals surface area contributed by atoms with Crippen LogP contribution >= 0.6 is 0 Å². The monoisotopic (exact) mass is 390 g/mol.